The number of hydrogen-bond donors (Lipinski definition) is 3. The summed E-state index contributed by atoms with van der Waals surface area (Å²) < 4.78 is 0. The van der Waals surface area contributed by atoms with Crippen LogP contribution in [0.1, 0.15) is 22.5 Å². The van der Waals surface area contributed by atoms with Crippen molar-refractivity contribution in [3.63, 3.8) is 0 Å². The largest absolute Gasteiger partial charge is 0.328 e. The summed E-state index contributed by atoms with van der Waals surface area (Å²) in [5.74, 6) is -0.673. The summed E-state index contributed by atoms with van der Waals surface area (Å²) in [6.45, 7) is 0. The van der Waals surface area contributed by atoms with Crippen LogP contribution in [-0.2, 0) is 11.2 Å². The number of anilines is 2. The van der Waals surface area contributed by atoms with E-state index in [2.05, 4.69) is 25.6 Å². The van der Waals surface area contributed by atoms with Crippen molar-refractivity contribution in [2.45, 2.75) is 12.8 Å². The Morgan fingerprint density at radius 1 is 1.20 bits per heavy atom. The quantitative estimate of drug-likeness (QED) is 0.610. The normalized spacial score (nSPS) is 10.4. The minimum Gasteiger partial charge on any atom is -0.328 e. The molecule has 2 amide bonds. The molecule has 0 aliphatic carbocycles. The average molecular weight is 375 g/mol. The first-order chi connectivity index (χ1) is 12.1. The molecule has 0 aliphatic heterocycles. The number of carbonyl (C=O) groups excluding carboxylic acids is 2. The van der Waals surface area contributed by atoms with Crippen LogP contribution in [0.4, 0.5) is 10.3 Å². The second-order valence-corrected chi connectivity index (χ2v) is 6.65. The molecule has 3 aromatic rings. The number of carbonyl (C=O) groups is 2. The fourth-order valence-electron chi connectivity index (χ4n) is 1.95. The van der Waals surface area contributed by atoms with E-state index in [4.69, 9.17) is 0 Å². The zero-order valence-corrected chi connectivity index (χ0v) is 14.4. The van der Waals surface area contributed by atoms with Crippen molar-refractivity contribution >= 4 is 44.8 Å². The monoisotopic (exact) mass is 375 g/mol. The SMILES string of the molecule is O=C(CCc1csc(NC(=O)c2ccc[nH]c2=O)n1)Nc1nccs1. The van der Waals surface area contributed by atoms with Crippen molar-refractivity contribution in [2.75, 3.05) is 10.6 Å². The van der Waals surface area contributed by atoms with Gasteiger partial charge in [-0.25, -0.2) is 9.97 Å². The molecule has 0 saturated heterocycles. The highest BCUT2D eigenvalue weighted by molar-refractivity contribution is 7.14. The number of pyridine rings is 1. The molecule has 128 valence electrons. The summed E-state index contributed by atoms with van der Waals surface area (Å²) in [7, 11) is 0. The molecule has 3 rings (SSSR count). The van der Waals surface area contributed by atoms with Crippen molar-refractivity contribution in [3.8, 4) is 0 Å². The van der Waals surface area contributed by atoms with Gasteiger partial charge in [-0.15, -0.1) is 22.7 Å². The first-order valence-corrected chi connectivity index (χ1v) is 9.00. The number of rotatable bonds is 6. The Kier molecular flexibility index (Phi) is 5.31. The second kappa shape index (κ2) is 7.81. The van der Waals surface area contributed by atoms with Gasteiger partial charge in [-0.2, -0.15) is 0 Å². The molecule has 0 atom stereocenters. The Bertz CT molecular complexity index is 933. The Morgan fingerprint density at radius 2 is 2.08 bits per heavy atom. The molecular formula is C15H13N5O3S2. The van der Waals surface area contributed by atoms with Gasteiger partial charge < -0.3 is 10.3 Å². The summed E-state index contributed by atoms with van der Waals surface area (Å²) in [6.07, 6.45) is 3.77. The summed E-state index contributed by atoms with van der Waals surface area (Å²) in [5, 5.41) is 9.76. The van der Waals surface area contributed by atoms with E-state index in [9.17, 15) is 14.4 Å². The van der Waals surface area contributed by atoms with Crippen molar-refractivity contribution in [1.82, 2.24) is 15.0 Å². The van der Waals surface area contributed by atoms with Crippen LogP contribution in [0.15, 0.2) is 40.1 Å². The van der Waals surface area contributed by atoms with Crippen molar-refractivity contribution in [1.29, 1.82) is 0 Å². The molecule has 3 aromatic heterocycles. The number of aromatic amines is 1. The summed E-state index contributed by atoms with van der Waals surface area (Å²) in [6, 6.07) is 3.01. The van der Waals surface area contributed by atoms with Gasteiger partial charge in [0.25, 0.3) is 11.5 Å². The third-order valence-electron chi connectivity index (χ3n) is 3.12. The number of nitrogens with zero attached hydrogens (tertiary/aromatic N) is 2. The molecule has 3 heterocycles. The van der Waals surface area contributed by atoms with Gasteiger partial charge in [-0.05, 0) is 18.6 Å². The first-order valence-electron chi connectivity index (χ1n) is 7.24. The van der Waals surface area contributed by atoms with E-state index in [1.807, 2.05) is 0 Å². The molecule has 0 aromatic carbocycles. The Balaban J connectivity index is 1.54. The molecule has 0 spiro atoms. The van der Waals surface area contributed by atoms with E-state index in [1.165, 1.54) is 34.9 Å². The molecule has 10 heteroatoms. The highest BCUT2D eigenvalue weighted by Gasteiger charge is 2.13. The number of amides is 2. The van der Waals surface area contributed by atoms with Gasteiger partial charge in [-0.3, -0.25) is 19.7 Å². The predicted octanol–water partition coefficient (Wildman–Crippen LogP) is 2.11. The van der Waals surface area contributed by atoms with Crippen LogP contribution in [-0.4, -0.2) is 26.8 Å². The smallest absolute Gasteiger partial charge is 0.263 e. The lowest BCUT2D eigenvalue weighted by Gasteiger charge is -2.01. The zero-order valence-electron chi connectivity index (χ0n) is 12.8. The lowest BCUT2D eigenvalue weighted by atomic mass is 10.2. The van der Waals surface area contributed by atoms with Gasteiger partial charge in [0.15, 0.2) is 10.3 Å². The highest BCUT2D eigenvalue weighted by atomic mass is 32.1. The van der Waals surface area contributed by atoms with Crippen LogP contribution in [0.2, 0.25) is 0 Å². The summed E-state index contributed by atoms with van der Waals surface area (Å²) >= 11 is 2.59. The maximum Gasteiger partial charge on any atom is 0.263 e. The molecule has 0 aliphatic rings. The third-order valence-corrected chi connectivity index (χ3v) is 4.62. The van der Waals surface area contributed by atoms with Gasteiger partial charge in [0, 0.05) is 29.6 Å². The second-order valence-electron chi connectivity index (χ2n) is 4.90. The predicted molar refractivity (Wildman–Crippen MR) is 96.2 cm³/mol. The molecule has 0 unspecified atom stereocenters. The zero-order chi connectivity index (χ0) is 17.6. The van der Waals surface area contributed by atoms with Gasteiger partial charge in [0.2, 0.25) is 5.91 Å². The highest BCUT2D eigenvalue weighted by Crippen LogP contribution is 2.17. The van der Waals surface area contributed by atoms with Gasteiger partial charge in [0.1, 0.15) is 5.56 Å². The Morgan fingerprint density at radius 3 is 2.84 bits per heavy atom. The van der Waals surface area contributed by atoms with Crippen LogP contribution in [0.3, 0.4) is 0 Å². The van der Waals surface area contributed by atoms with E-state index in [1.54, 1.807) is 23.0 Å². The number of H-pyrrole nitrogens is 1. The maximum absolute atomic E-state index is 12.1. The van der Waals surface area contributed by atoms with Crippen molar-refractivity contribution < 1.29 is 9.59 Å². The number of thiazole rings is 2. The van der Waals surface area contributed by atoms with Gasteiger partial charge in [-0.1, -0.05) is 0 Å². The lowest BCUT2D eigenvalue weighted by Crippen LogP contribution is -2.22. The van der Waals surface area contributed by atoms with Crippen LogP contribution in [0.25, 0.3) is 0 Å². The first kappa shape index (κ1) is 17.0. The number of aromatic nitrogens is 3. The molecule has 8 nitrogen and oxygen atoms in total. The molecule has 0 radical (unpaired) electrons. The summed E-state index contributed by atoms with van der Waals surface area (Å²) in [5.41, 5.74) is 0.245. The molecule has 0 saturated carbocycles. The maximum atomic E-state index is 12.1. The fraction of sp³-hybridized carbons (Fsp3) is 0.133. The van der Waals surface area contributed by atoms with E-state index in [-0.39, 0.29) is 17.9 Å². The Hall–Kier alpha value is -2.85. The lowest BCUT2D eigenvalue weighted by molar-refractivity contribution is -0.116. The fourth-order valence-corrected chi connectivity index (χ4v) is 3.24. The standard InChI is InChI=1S/C15H13N5O3S2/c21-11(19-14-17-6-7-24-14)4-3-9-8-25-15(18-9)20-13(23)10-2-1-5-16-12(10)22/h1-2,5-8H,3-4H2,(H,16,22)(H,17,19,21)(H,18,20,23). The minimum absolute atomic E-state index is 0.0158. The molecule has 0 bridgehead atoms. The van der Waals surface area contributed by atoms with Crippen LogP contribution >= 0.6 is 22.7 Å². The molecule has 25 heavy (non-hydrogen) atoms. The topological polar surface area (TPSA) is 117 Å². The number of hydrogen-bond acceptors (Lipinski definition) is 7. The van der Waals surface area contributed by atoms with Crippen LogP contribution in [0.5, 0.6) is 0 Å². The van der Waals surface area contributed by atoms with Gasteiger partial charge >= 0.3 is 0 Å². The van der Waals surface area contributed by atoms with E-state index in [0.29, 0.717) is 22.4 Å². The third kappa shape index (κ3) is 4.58. The molecular weight excluding hydrogens is 362 g/mol. The average Bonchev–Trinajstić information content (AvgIpc) is 3.25. The number of nitrogens with one attached hydrogen (secondary N) is 3. The van der Waals surface area contributed by atoms with Gasteiger partial charge in [0.05, 0.1) is 5.69 Å². The number of aryl methyl sites for hydroxylation is 1. The molecule has 0 fully saturated rings. The van der Waals surface area contributed by atoms with Crippen molar-refractivity contribution in [3.05, 3.63) is 56.9 Å². The van der Waals surface area contributed by atoms with E-state index < -0.39 is 11.5 Å². The van der Waals surface area contributed by atoms with E-state index >= 15 is 0 Å². The van der Waals surface area contributed by atoms with Crippen LogP contribution < -0.4 is 16.2 Å². The Labute approximate surface area is 150 Å². The van der Waals surface area contributed by atoms with Crippen molar-refractivity contribution in [2.24, 2.45) is 0 Å². The summed E-state index contributed by atoms with van der Waals surface area (Å²) in [4.78, 5) is 46.1. The van der Waals surface area contributed by atoms with E-state index in [0.717, 1.165) is 0 Å². The minimum atomic E-state index is -0.524. The van der Waals surface area contributed by atoms with Crippen LogP contribution in [0, 0.1) is 0 Å². The molecule has 3 N–H and O–H groups in total.